The lowest BCUT2D eigenvalue weighted by atomic mass is 9.99. The third-order valence-electron chi connectivity index (χ3n) is 3.84. The van der Waals surface area contributed by atoms with Gasteiger partial charge in [-0.25, -0.2) is 4.39 Å². The summed E-state index contributed by atoms with van der Waals surface area (Å²) in [6, 6.07) is 16.0. The number of carbonyl (C=O) groups is 1. The summed E-state index contributed by atoms with van der Waals surface area (Å²) in [6.07, 6.45) is 0.983. The summed E-state index contributed by atoms with van der Waals surface area (Å²) < 4.78 is 12.9. The van der Waals surface area contributed by atoms with Gasteiger partial charge < -0.3 is 4.90 Å². The van der Waals surface area contributed by atoms with Crippen LogP contribution in [-0.2, 0) is 0 Å². The van der Waals surface area contributed by atoms with Crippen LogP contribution in [0.1, 0.15) is 28.3 Å². The van der Waals surface area contributed by atoms with E-state index in [4.69, 9.17) is 0 Å². The van der Waals surface area contributed by atoms with Gasteiger partial charge in [0.05, 0.1) is 0 Å². The molecule has 3 rings (SSSR count). The minimum atomic E-state index is -0.315. The molecule has 1 atom stereocenters. The van der Waals surface area contributed by atoms with Gasteiger partial charge in [0, 0.05) is 24.6 Å². The molecule has 1 amide bonds. The number of rotatable bonds is 2. The molecule has 1 heterocycles. The number of hydrogen-bond donors (Lipinski definition) is 0. The number of amides is 1. The second-order valence-corrected chi connectivity index (χ2v) is 5.15. The summed E-state index contributed by atoms with van der Waals surface area (Å²) in [5.74, 6) is 0.0779. The maximum atomic E-state index is 12.9. The number of likely N-dealkylation sites (tertiary alicyclic amines) is 1. The Morgan fingerprint density at radius 1 is 1.05 bits per heavy atom. The highest BCUT2D eigenvalue weighted by Gasteiger charge is 2.27. The van der Waals surface area contributed by atoms with Crippen molar-refractivity contribution in [2.45, 2.75) is 12.3 Å². The molecular weight excluding hydrogens is 253 g/mol. The van der Waals surface area contributed by atoms with Crippen LogP contribution in [0.25, 0.3) is 0 Å². The molecule has 0 N–H and O–H groups in total. The first kappa shape index (κ1) is 12.9. The van der Waals surface area contributed by atoms with E-state index in [2.05, 4.69) is 12.1 Å². The Hall–Kier alpha value is -2.16. The van der Waals surface area contributed by atoms with E-state index < -0.39 is 0 Å². The molecule has 1 unspecified atom stereocenters. The second kappa shape index (κ2) is 5.45. The van der Waals surface area contributed by atoms with Crippen LogP contribution in [0.4, 0.5) is 4.39 Å². The quantitative estimate of drug-likeness (QED) is 0.817. The predicted octanol–water partition coefficient (Wildman–Crippen LogP) is 3.46. The van der Waals surface area contributed by atoms with Crippen molar-refractivity contribution in [1.82, 2.24) is 4.90 Å². The third-order valence-corrected chi connectivity index (χ3v) is 3.84. The number of hydrogen-bond acceptors (Lipinski definition) is 1. The van der Waals surface area contributed by atoms with Crippen LogP contribution in [0, 0.1) is 5.82 Å². The Balaban J connectivity index is 1.71. The molecular formula is C17H16FNO. The predicted molar refractivity (Wildman–Crippen MR) is 76.1 cm³/mol. The van der Waals surface area contributed by atoms with Gasteiger partial charge in [0.15, 0.2) is 0 Å². The zero-order valence-corrected chi connectivity index (χ0v) is 11.1. The standard InChI is InChI=1S/C17H16FNO/c18-16-8-6-14(7-9-16)17(20)19-11-10-15(12-19)13-4-2-1-3-5-13/h1-9,15H,10-12H2. The molecule has 2 aromatic carbocycles. The van der Waals surface area contributed by atoms with Gasteiger partial charge in [0.1, 0.15) is 5.82 Å². The van der Waals surface area contributed by atoms with Crippen LogP contribution in [0.15, 0.2) is 54.6 Å². The lowest BCUT2D eigenvalue weighted by Crippen LogP contribution is -2.28. The Bertz CT molecular complexity index is 594. The molecule has 1 fully saturated rings. The monoisotopic (exact) mass is 269 g/mol. The van der Waals surface area contributed by atoms with Crippen molar-refractivity contribution >= 4 is 5.91 Å². The molecule has 2 nitrogen and oxygen atoms in total. The van der Waals surface area contributed by atoms with Gasteiger partial charge in [-0.3, -0.25) is 4.79 Å². The zero-order chi connectivity index (χ0) is 13.9. The molecule has 0 bridgehead atoms. The highest BCUT2D eigenvalue weighted by Crippen LogP contribution is 2.27. The molecule has 0 aliphatic carbocycles. The summed E-state index contributed by atoms with van der Waals surface area (Å²) in [7, 11) is 0. The van der Waals surface area contributed by atoms with E-state index in [9.17, 15) is 9.18 Å². The van der Waals surface area contributed by atoms with E-state index in [-0.39, 0.29) is 11.7 Å². The minimum absolute atomic E-state index is 0.0107. The molecule has 0 aromatic heterocycles. The molecule has 3 heteroatoms. The molecule has 0 spiro atoms. The van der Waals surface area contributed by atoms with Crippen molar-refractivity contribution in [3.05, 3.63) is 71.5 Å². The summed E-state index contributed by atoms with van der Waals surface area (Å²) in [5, 5.41) is 0. The van der Waals surface area contributed by atoms with Crippen molar-refractivity contribution in [1.29, 1.82) is 0 Å². The Labute approximate surface area is 117 Å². The van der Waals surface area contributed by atoms with Crippen molar-refractivity contribution in [2.24, 2.45) is 0 Å². The molecule has 20 heavy (non-hydrogen) atoms. The van der Waals surface area contributed by atoms with Gasteiger partial charge in [-0.05, 0) is 36.2 Å². The van der Waals surface area contributed by atoms with Gasteiger partial charge >= 0.3 is 0 Å². The van der Waals surface area contributed by atoms with Crippen molar-refractivity contribution in [3.63, 3.8) is 0 Å². The highest BCUT2D eigenvalue weighted by molar-refractivity contribution is 5.94. The van der Waals surface area contributed by atoms with Crippen molar-refractivity contribution in [2.75, 3.05) is 13.1 Å². The van der Waals surface area contributed by atoms with E-state index in [0.717, 1.165) is 19.5 Å². The van der Waals surface area contributed by atoms with Gasteiger partial charge in [0.2, 0.25) is 0 Å². The van der Waals surface area contributed by atoms with Crippen molar-refractivity contribution in [3.8, 4) is 0 Å². The fourth-order valence-corrected chi connectivity index (χ4v) is 2.72. The van der Waals surface area contributed by atoms with Crippen LogP contribution < -0.4 is 0 Å². The van der Waals surface area contributed by atoms with Gasteiger partial charge in [-0.1, -0.05) is 30.3 Å². The highest BCUT2D eigenvalue weighted by atomic mass is 19.1. The first-order valence-corrected chi connectivity index (χ1v) is 6.84. The SMILES string of the molecule is O=C(c1ccc(F)cc1)N1CCC(c2ccccc2)C1. The van der Waals surface area contributed by atoms with Gasteiger partial charge in [0.25, 0.3) is 5.91 Å². The van der Waals surface area contributed by atoms with Crippen LogP contribution in [0.3, 0.4) is 0 Å². The number of benzene rings is 2. The topological polar surface area (TPSA) is 20.3 Å². The summed E-state index contributed by atoms with van der Waals surface area (Å²) in [4.78, 5) is 14.2. The Morgan fingerprint density at radius 2 is 1.75 bits per heavy atom. The molecule has 2 aromatic rings. The average Bonchev–Trinajstić information content (AvgIpc) is 2.98. The molecule has 1 aliphatic heterocycles. The lowest BCUT2D eigenvalue weighted by molar-refractivity contribution is 0.0790. The first-order chi connectivity index (χ1) is 9.74. The number of carbonyl (C=O) groups excluding carboxylic acids is 1. The summed E-state index contributed by atoms with van der Waals surface area (Å²) in [5.41, 5.74) is 1.84. The van der Waals surface area contributed by atoms with E-state index in [1.165, 1.54) is 17.7 Å². The third kappa shape index (κ3) is 2.57. The normalized spacial score (nSPS) is 18.2. The second-order valence-electron chi connectivity index (χ2n) is 5.15. The average molecular weight is 269 g/mol. The van der Waals surface area contributed by atoms with Crippen LogP contribution in [-0.4, -0.2) is 23.9 Å². The maximum absolute atomic E-state index is 12.9. The summed E-state index contributed by atoms with van der Waals surface area (Å²) >= 11 is 0. The van der Waals surface area contributed by atoms with Crippen LogP contribution >= 0.6 is 0 Å². The van der Waals surface area contributed by atoms with E-state index in [1.54, 1.807) is 12.1 Å². The minimum Gasteiger partial charge on any atom is -0.338 e. The van der Waals surface area contributed by atoms with Crippen molar-refractivity contribution < 1.29 is 9.18 Å². The Kier molecular flexibility index (Phi) is 3.50. The van der Waals surface area contributed by atoms with E-state index in [0.29, 0.717) is 11.5 Å². The van der Waals surface area contributed by atoms with Crippen LogP contribution in [0.5, 0.6) is 0 Å². The molecule has 1 aliphatic rings. The largest absolute Gasteiger partial charge is 0.338 e. The Morgan fingerprint density at radius 3 is 2.45 bits per heavy atom. The van der Waals surface area contributed by atoms with E-state index in [1.807, 2.05) is 23.1 Å². The molecule has 102 valence electrons. The maximum Gasteiger partial charge on any atom is 0.253 e. The molecule has 0 radical (unpaired) electrons. The van der Waals surface area contributed by atoms with Crippen LogP contribution in [0.2, 0.25) is 0 Å². The fourth-order valence-electron chi connectivity index (χ4n) is 2.72. The lowest BCUT2D eigenvalue weighted by Gasteiger charge is -2.16. The van der Waals surface area contributed by atoms with Gasteiger partial charge in [-0.2, -0.15) is 0 Å². The fraction of sp³-hybridized carbons (Fsp3) is 0.235. The molecule has 1 saturated heterocycles. The summed E-state index contributed by atoms with van der Waals surface area (Å²) in [6.45, 7) is 1.50. The van der Waals surface area contributed by atoms with Gasteiger partial charge in [-0.15, -0.1) is 0 Å². The first-order valence-electron chi connectivity index (χ1n) is 6.84. The number of nitrogens with zero attached hydrogens (tertiary/aromatic N) is 1. The smallest absolute Gasteiger partial charge is 0.253 e. The molecule has 0 saturated carbocycles. The number of halogens is 1. The van der Waals surface area contributed by atoms with E-state index >= 15 is 0 Å². The zero-order valence-electron chi connectivity index (χ0n) is 11.1.